The average Bonchev–Trinajstić information content (AvgIpc) is 2.73. The van der Waals surface area contributed by atoms with Crippen molar-refractivity contribution in [1.29, 1.82) is 0 Å². The molecule has 0 aromatic carbocycles. The molecule has 0 aliphatic heterocycles. The molecular weight excluding hydrogens is 345 g/mol. The molecule has 9 heteroatoms. The Bertz CT molecular complexity index is 872. The monoisotopic (exact) mass is 356 g/mol. The highest BCUT2D eigenvalue weighted by molar-refractivity contribution is 7.99. The van der Waals surface area contributed by atoms with Gasteiger partial charge in [-0.3, -0.25) is 0 Å². The maximum absolute atomic E-state index is 12.5. The normalized spacial score (nSPS) is 12.1. The number of aryl methyl sites for hydroxylation is 3. The number of aromatic nitrogens is 4. The Balaban J connectivity index is 2.01. The van der Waals surface area contributed by atoms with E-state index in [2.05, 4.69) is 20.2 Å². The average molecular weight is 356 g/mol. The summed E-state index contributed by atoms with van der Waals surface area (Å²) < 4.78 is 37.6. The minimum Gasteiger partial charge on any atom is -0.226 e. The van der Waals surface area contributed by atoms with Crippen LogP contribution in [0.2, 0.25) is 0 Å². The standard InChI is InChI=1S/C14H11F3N4S2/c1-6-7(2)22-12-11(6)13(19-8(3)18-12)23-10-5-4-9(20-21-10)14(15,16)17/h4-5H,1-3H3. The summed E-state index contributed by atoms with van der Waals surface area (Å²) in [5.41, 5.74) is 0.0702. The summed E-state index contributed by atoms with van der Waals surface area (Å²) in [6, 6.07) is 2.23. The SMILES string of the molecule is Cc1nc(Sc2ccc(C(F)(F)F)nn2)c2c(C)c(C)sc2n1. The molecule has 0 amide bonds. The summed E-state index contributed by atoms with van der Waals surface area (Å²) in [4.78, 5) is 10.8. The van der Waals surface area contributed by atoms with E-state index >= 15 is 0 Å². The van der Waals surface area contributed by atoms with Gasteiger partial charge in [-0.25, -0.2) is 9.97 Å². The van der Waals surface area contributed by atoms with Gasteiger partial charge in [0.15, 0.2) is 5.69 Å². The second-order valence-electron chi connectivity index (χ2n) is 4.90. The Kier molecular flexibility index (Phi) is 4.01. The number of thiophene rings is 1. The van der Waals surface area contributed by atoms with Crippen LogP contribution >= 0.6 is 23.1 Å². The number of hydrogen-bond acceptors (Lipinski definition) is 6. The van der Waals surface area contributed by atoms with Crippen molar-refractivity contribution >= 4 is 33.3 Å². The third kappa shape index (κ3) is 3.16. The van der Waals surface area contributed by atoms with Crippen molar-refractivity contribution in [3.8, 4) is 0 Å². The molecule has 0 unspecified atom stereocenters. The van der Waals surface area contributed by atoms with Crippen LogP contribution in [-0.4, -0.2) is 20.2 Å². The van der Waals surface area contributed by atoms with Gasteiger partial charge in [-0.15, -0.1) is 21.5 Å². The van der Waals surface area contributed by atoms with E-state index in [1.165, 1.54) is 17.8 Å². The predicted molar refractivity (Wildman–Crippen MR) is 82.8 cm³/mol. The predicted octanol–water partition coefficient (Wildman–Crippen LogP) is 4.58. The number of nitrogens with zero attached hydrogens (tertiary/aromatic N) is 4. The third-order valence-electron chi connectivity index (χ3n) is 3.24. The second kappa shape index (κ2) is 5.72. The molecule has 0 fully saturated rings. The first-order chi connectivity index (χ1) is 10.8. The highest BCUT2D eigenvalue weighted by Gasteiger charge is 2.33. The zero-order valence-corrected chi connectivity index (χ0v) is 14.0. The molecule has 23 heavy (non-hydrogen) atoms. The Morgan fingerprint density at radius 2 is 1.78 bits per heavy atom. The Morgan fingerprint density at radius 1 is 1.04 bits per heavy atom. The van der Waals surface area contributed by atoms with E-state index in [1.54, 1.807) is 18.3 Å². The van der Waals surface area contributed by atoms with E-state index in [0.29, 0.717) is 15.9 Å². The van der Waals surface area contributed by atoms with Crippen LogP contribution in [0.15, 0.2) is 22.2 Å². The summed E-state index contributed by atoms with van der Waals surface area (Å²) >= 11 is 2.77. The third-order valence-corrected chi connectivity index (χ3v) is 5.26. The maximum atomic E-state index is 12.5. The van der Waals surface area contributed by atoms with Gasteiger partial charge in [0.1, 0.15) is 20.7 Å². The molecular formula is C14H11F3N4S2. The molecule has 4 nitrogen and oxygen atoms in total. The van der Waals surface area contributed by atoms with Gasteiger partial charge in [0.25, 0.3) is 0 Å². The molecule has 3 heterocycles. The molecule has 3 aromatic rings. The number of fused-ring (bicyclic) bond motifs is 1. The van der Waals surface area contributed by atoms with Crippen LogP contribution in [0.3, 0.4) is 0 Å². The van der Waals surface area contributed by atoms with Gasteiger partial charge in [0.2, 0.25) is 0 Å². The second-order valence-corrected chi connectivity index (χ2v) is 7.11. The first-order valence-electron chi connectivity index (χ1n) is 6.59. The van der Waals surface area contributed by atoms with Crippen molar-refractivity contribution in [2.24, 2.45) is 0 Å². The fraction of sp³-hybridized carbons (Fsp3) is 0.286. The lowest BCUT2D eigenvalue weighted by molar-refractivity contribution is -0.141. The largest absolute Gasteiger partial charge is 0.435 e. The quantitative estimate of drug-likeness (QED) is 0.629. The fourth-order valence-corrected chi connectivity index (χ4v) is 4.10. The molecule has 120 valence electrons. The van der Waals surface area contributed by atoms with E-state index in [1.807, 2.05) is 13.8 Å². The Labute approximate surface area is 138 Å². The number of alkyl halides is 3. The van der Waals surface area contributed by atoms with Crippen molar-refractivity contribution in [2.75, 3.05) is 0 Å². The van der Waals surface area contributed by atoms with Crippen molar-refractivity contribution < 1.29 is 13.2 Å². The van der Waals surface area contributed by atoms with Gasteiger partial charge in [-0.2, -0.15) is 13.2 Å². The summed E-state index contributed by atoms with van der Waals surface area (Å²) in [5.74, 6) is 0.612. The zero-order chi connectivity index (χ0) is 16.8. The van der Waals surface area contributed by atoms with Gasteiger partial charge in [-0.1, -0.05) is 0 Å². The molecule has 0 saturated carbocycles. The zero-order valence-electron chi connectivity index (χ0n) is 12.4. The highest BCUT2D eigenvalue weighted by Crippen LogP contribution is 2.37. The summed E-state index contributed by atoms with van der Waals surface area (Å²) in [5, 5.41) is 8.86. The summed E-state index contributed by atoms with van der Waals surface area (Å²) in [6.45, 7) is 5.77. The number of hydrogen-bond donors (Lipinski definition) is 0. The first kappa shape index (κ1) is 16.1. The van der Waals surface area contributed by atoms with Crippen LogP contribution in [0.5, 0.6) is 0 Å². The molecule has 0 aliphatic carbocycles. The summed E-state index contributed by atoms with van der Waals surface area (Å²) in [7, 11) is 0. The molecule has 3 rings (SSSR count). The molecule has 0 bridgehead atoms. The minimum atomic E-state index is -4.49. The number of halogens is 3. The van der Waals surface area contributed by atoms with E-state index < -0.39 is 11.9 Å². The van der Waals surface area contributed by atoms with Gasteiger partial charge in [-0.05, 0) is 50.2 Å². The molecule has 0 atom stereocenters. The van der Waals surface area contributed by atoms with E-state index in [9.17, 15) is 13.2 Å². The van der Waals surface area contributed by atoms with Gasteiger partial charge < -0.3 is 0 Å². The van der Waals surface area contributed by atoms with Crippen LogP contribution in [0, 0.1) is 20.8 Å². The minimum absolute atomic E-state index is 0.362. The molecule has 0 spiro atoms. The summed E-state index contributed by atoms with van der Waals surface area (Å²) in [6.07, 6.45) is -4.49. The number of rotatable bonds is 2. The van der Waals surface area contributed by atoms with Crippen molar-refractivity contribution in [3.63, 3.8) is 0 Å². The smallest absolute Gasteiger partial charge is 0.226 e. The van der Waals surface area contributed by atoms with Crippen molar-refractivity contribution in [1.82, 2.24) is 20.2 Å². The lowest BCUT2D eigenvalue weighted by atomic mass is 10.2. The lowest BCUT2D eigenvalue weighted by Crippen LogP contribution is -2.08. The van der Waals surface area contributed by atoms with Gasteiger partial charge >= 0.3 is 6.18 Å². The molecule has 0 radical (unpaired) electrons. The van der Waals surface area contributed by atoms with Crippen LogP contribution < -0.4 is 0 Å². The molecule has 0 aliphatic rings. The van der Waals surface area contributed by atoms with E-state index in [4.69, 9.17) is 0 Å². The first-order valence-corrected chi connectivity index (χ1v) is 8.22. The molecule has 0 N–H and O–H groups in total. The van der Waals surface area contributed by atoms with Crippen LogP contribution in [0.1, 0.15) is 22.0 Å². The van der Waals surface area contributed by atoms with Gasteiger partial charge in [0, 0.05) is 10.3 Å². The Morgan fingerprint density at radius 3 is 2.39 bits per heavy atom. The maximum Gasteiger partial charge on any atom is 0.435 e. The molecule has 0 saturated heterocycles. The van der Waals surface area contributed by atoms with Crippen LogP contribution in [-0.2, 0) is 6.18 Å². The van der Waals surface area contributed by atoms with Crippen molar-refractivity contribution in [3.05, 3.63) is 34.1 Å². The van der Waals surface area contributed by atoms with Crippen LogP contribution in [0.4, 0.5) is 13.2 Å². The topological polar surface area (TPSA) is 51.6 Å². The van der Waals surface area contributed by atoms with Crippen molar-refractivity contribution in [2.45, 2.75) is 37.0 Å². The lowest BCUT2D eigenvalue weighted by Gasteiger charge is -2.06. The van der Waals surface area contributed by atoms with Crippen LogP contribution in [0.25, 0.3) is 10.2 Å². The highest BCUT2D eigenvalue weighted by atomic mass is 32.2. The fourth-order valence-electron chi connectivity index (χ4n) is 2.01. The molecule has 3 aromatic heterocycles. The van der Waals surface area contributed by atoms with E-state index in [0.717, 1.165) is 26.7 Å². The van der Waals surface area contributed by atoms with Gasteiger partial charge in [0.05, 0.1) is 0 Å². The van der Waals surface area contributed by atoms with E-state index in [-0.39, 0.29) is 0 Å². The Hall–Kier alpha value is -1.74.